The largest absolute Gasteiger partial charge is 0.338 e. The predicted octanol–water partition coefficient (Wildman–Crippen LogP) is 2.07. The highest BCUT2D eigenvalue weighted by Crippen LogP contribution is 2.30. The highest BCUT2D eigenvalue weighted by molar-refractivity contribution is 7.92. The van der Waals surface area contributed by atoms with E-state index in [-0.39, 0.29) is 27.8 Å². The minimum Gasteiger partial charge on any atom is -0.338 e. The first-order valence-electron chi connectivity index (χ1n) is 7.95. The Hall–Kier alpha value is -1.40. The van der Waals surface area contributed by atoms with Crippen molar-refractivity contribution in [3.8, 4) is 0 Å². The summed E-state index contributed by atoms with van der Waals surface area (Å²) in [5.41, 5.74) is 6.19. The predicted molar refractivity (Wildman–Crippen MR) is 91.0 cm³/mol. The van der Waals surface area contributed by atoms with Crippen LogP contribution >= 0.6 is 0 Å². The van der Waals surface area contributed by atoms with Gasteiger partial charge >= 0.3 is 0 Å². The highest BCUT2D eigenvalue weighted by atomic mass is 32.2. The molecule has 0 saturated carbocycles. The molecule has 0 bridgehead atoms. The van der Waals surface area contributed by atoms with E-state index < -0.39 is 15.1 Å². The number of piperidine rings is 1. The zero-order valence-corrected chi connectivity index (χ0v) is 15.1. The number of carbonyl (C=O) groups excluding carboxylic acids is 1. The number of carbonyl (C=O) groups is 1. The maximum absolute atomic E-state index is 12.9. The Bertz CT molecular complexity index is 696. The van der Waals surface area contributed by atoms with Crippen LogP contribution in [0.1, 0.15) is 44.5 Å². The van der Waals surface area contributed by atoms with Crippen LogP contribution in [0.2, 0.25) is 0 Å². The first kappa shape index (κ1) is 17.9. The summed E-state index contributed by atoms with van der Waals surface area (Å²) in [4.78, 5) is 14.7. The Kier molecular flexibility index (Phi) is 4.87. The van der Waals surface area contributed by atoms with Crippen LogP contribution in [0.3, 0.4) is 0 Å². The van der Waals surface area contributed by atoms with Crippen molar-refractivity contribution in [1.29, 1.82) is 0 Å². The normalized spacial score (nSPS) is 21.5. The van der Waals surface area contributed by atoms with Crippen molar-refractivity contribution in [3.63, 3.8) is 0 Å². The zero-order valence-electron chi connectivity index (χ0n) is 14.2. The maximum Gasteiger partial charge on any atom is 0.255 e. The monoisotopic (exact) mass is 338 g/mol. The fraction of sp³-hybridized carbons (Fsp3) is 0.588. The lowest BCUT2D eigenvalue weighted by atomic mass is 9.79. The average molecular weight is 338 g/mol. The topological polar surface area (TPSA) is 80.5 Å². The van der Waals surface area contributed by atoms with Gasteiger partial charge in [0, 0.05) is 19.1 Å². The van der Waals surface area contributed by atoms with Gasteiger partial charge in [-0.3, -0.25) is 4.79 Å². The molecule has 1 aliphatic heterocycles. The molecular weight excluding hydrogens is 312 g/mol. The second-order valence-electron chi connectivity index (χ2n) is 7.20. The van der Waals surface area contributed by atoms with E-state index in [0.717, 1.165) is 6.42 Å². The zero-order chi connectivity index (χ0) is 17.4. The Morgan fingerprint density at radius 1 is 1.30 bits per heavy atom. The summed E-state index contributed by atoms with van der Waals surface area (Å²) in [6.45, 7) is 8.41. The number of hydrogen-bond acceptors (Lipinski definition) is 4. The van der Waals surface area contributed by atoms with Crippen molar-refractivity contribution in [1.82, 2.24) is 4.90 Å². The van der Waals surface area contributed by atoms with Crippen molar-refractivity contribution >= 4 is 15.7 Å². The highest BCUT2D eigenvalue weighted by Gasteiger charge is 2.37. The van der Waals surface area contributed by atoms with Gasteiger partial charge in [0.2, 0.25) is 0 Å². The van der Waals surface area contributed by atoms with Gasteiger partial charge in [0.15, 0.2) is 9.84 Å². The molecule has 0 aromatic heterocycles. The second-order valence-corrected chi connectivity index (χ2v) is 9.67. The molecule has 0 aliphatic carbocycles. The number of nitrogens with zero attached hydrogens (tertiary/aromatic N) is 1. The van der Waals surface area contributed by atoms with E-state index in [1.54, 1.807) is 36.9 Å². The number of benzene rings is 1. The van der Waals surface area contributed by atoms with Gasteiger partial charge in [-0.05, 0) is 37.8 Å². The third-order valence-electron chi connectivity index (χ3n) is 4.64. The first-order valence-corrected chi connectivity index (χ1v) is 9.50. The van der Waals surface area contributed by atoms with Crippen LogP contribution in [0.25, 0.3) is 0 Å². The summed E-state index contributed by atoms with van der Waals surface area (Å²) in [5, 5.41) is -0.567. The van der Waals surface area contributed by atoms with Crippen LogP contribution in [0.5, 0.6) is 0 Å². The lowest BCUT2D eigenvalue weighted by molar-refractivity contribution is 0.0529. The van der Waals surface area contributed by atoms with E-state index in [1.807, 2.05) is 13.8 Å². The van der Waals surface area contributed by atoms with Gasteiger partial charge in [-0.25, -0.2) is 8.42 Å². The molecule has 23 heavy (non-hydrogen) atoms. The lowest BCUT2D eigenvalue weighted by Crippen LogP contribution is -2.54. The van der Waals surface area contributed by atoms with Gasteiger partial charge in [0.1, 0.15) is 0 Å². The molecule has 5 nitrogen and oxygen atoms in total. The molecule has 2 rings (SSSR count). The molecule has 1 unspecified atom stereocenters. The fourth-order valence-corrected chi connectivity index (χ4v) is 4.10. The molecule has 1 aromatic rings. The molecule has 1 amide bonds. The Balaban J connectivity index is 2.38. The summed E-state index contributed by atoms with van der Waals surface area (Å²) < 4.78 is 25.1. The van der Waals surface area contributed by atoms with E-state index >= 15 is 0 Å². The summed E-state index contributed by atoms with van der Waals surface area (Å²) in [5.74, 6) is -0.232. The molecule has 1 aliphatic rings. The van der Waals surface area contributed by atoms with E-state index in [9.17, 15) is 13.2 Å². The molecule has 1 saturated heterocycles. The van der Waals surface area contributed by atoms with Gasteiger partial charge in [0.25, 0.3) is 5.91 Å². The first-order chi connectivity index (χ1) is 10.6. The smallest absolute Gasteiger partial charge is 0.255 e. The van der Waals surface area contributed by atoms with Crippen LogP contribution < -0.4 is 5.73 Å². The molecule has 0 spiro atoms. The number of sulfone groups is 1. The Morgan fingerprint density at radius 2 is 1.91 bits per heavy atom. The molecule has 0 radical (unpaired) electrons. The molecule has 1 fully saturated rings. The quantitative estimate of drug-likeness (QED) is 0.915. The van der Waals surface area contributed by atoms with E-state index in [4.69, 9.17) is 5.73 Å². The number of rotatable bonds is 3. The standard InChI is InChI=1S/C17H26N2O3S/c1-12(2)23(21,22)14-8-6-5-7-13(14)16(20)19-10-9-15(18)17(3,4)11-19/h5-8,12,15H,9-11,18H2,1-4H3. The van der Waals surface area contributed by atoms with Crippen LogP contribution in [0, 0.1) is 5.41 Å². The Morgan fingerprint density at radius 3 is 2.48 bits per heavy atom. The third-order valence-corrected chi connectivity index (χ3v) is 6.85. The van der Waals surface area contributed by atoms with Crippen LogP contribution in [0.4, 0.5) is 0 Å². The minimum atomic E-state index is -3.50. The summed E-state index contributed by atoms with van der Waals surface area (Å²) in [6, 6.07) is 6.51. The van der Waals surface area contributed by atoms with E-state index in [2.05, 4.69) is 0 Å². The third kappa shape index (κ3) is 3.43. The van der Waals surface area contributed by atoms with Gasteiger partial charge < -0.3 is 10.6 Å². The molecular formula is C17H26N2O3S. The number of hydrogen-bond donors (Lipinski definition) is 1. The van der Waals surface area contributed by atoms with Crippen molar-refractivity contribution in [3.05, 3.63) is 29.8 Å². The van der Waals surface area contributed by atoms with E-state index in [0.29, 0.717) is 13.1 Å². The van der Waals surface area contributed by atoms with Crippen molar-refractivity contribution in [2.75, 3.05) is 13.1 Å². The van der Waals surface area contributed by atoms with Crippen molar-refractivity contribution < 1.29 is 13.2 Å². The van der Waals surface area contributed by atoms with E-state index in [1.165, 1.54) is 6.07 Å². The minimum absolute atomic E-state index is 0.0428. The van der Waals surface area contributed by atoms with Crippen molar-refractivity contribution in [2.24, 2.45) is 11.1 Å². The number of amides is 1. The summed E-state index contributed by atoms with van der Waals surface area (Å²) in [7, 11) is -3.50. The van der Waals surface area contributed by atoms with Crippen LogP contribution in [-0.4, -0.2) is 43.6 Å². The van der Waals surface area contributed by atoms with Gasteiger partial charge in [-0.1, -0.05) is 26.0 Å². The fourth-order valence-electron chi connectivity index (χ4n) is 2.86. The van der Waals surface area contributed by atoms with Gasteiger partial charge in [-0.15, -0.1) is 0 Å². The number of likely N-dealkylation sites (tertiary alicyclic amines) is 1. The molecule has 1 atom stereocenters. The number of nitrogens with two attached hydrogens (primary N) is 1. The van der Waals surface area contributed by atoms with Crippen molar-refractivity contribution in [2.45, 2.75) is 50.3 Å². The average Bonchev–Trinajstić information content (AvgIpc) is 2.49. The summed E-state index contributed by atoms with van der Waals surface area (Å²) in [6.07, 6.45) is 0.720. The van der Waals surface area contributed by atoms with Crippen LogP contribution in [0.15, 0.2) is 29.2 Å². The Labute approximate surface area is 138 Å². The molecule has 6 heteroatoms. The van der Waals surface area contributed by atoms with Gasteiger partial charge in [-0.2, -0.15) is 0 Å². The molecule has 2 N–H and O–H groups in total. The molecule has 1 aromatic carbocycles. The van der Waals surface area contributed by atoms with Crippen LogP contribution in [-0.2, 0) is 9.84 Å². The SMILES string of the molecule is CC(C)S(=O)(=O)c1ccccc1C(=O)N1CCC(N)C(C)(C)C1. The summed E-state index contributed by atoms with van der Waals surface area (Å²) >= 11 is 0. The second kappa shape index (κ2) is 6.24. The molecule has 128 valence electrons. The van der Waals surface area contributed by atoms with Gasteiger partial charge in [0.05, 0.1) is 15.7 Å². The maximum atomic E-state index is 12.9. The molecule has 1 heterocycles. The lowest BCUT2D eigenvalue weighted by Gasteiger charge is -2.42.